The molecule has 2 atom stereocenters. The number of nitrogens with one attached hydrogen (secondary N) is 2. The third-order valence-corrected chi connectivity index (χ3v) is 4.66. The number of carbonyl (C=O) groups excluding carboxylic acids is 1. The van der Waals surface area contributed by atoms with Crippen molar-refractivity contribution in [2.75, 3.05) is 31.5 Å². The number of carbonyl (C=O) groups is 1. The summed E-state index contributed by atoms with van der Waals surface area (Å²) in [5, 5.41) is 17.3. The van der Waals surface area contributed by atoms with Crippen molar-refractivity contribution >= 4 is 11.7 Å². The van der Waals surface area contributed by atoms with E-state index in [-0.39, 0.29) is 6.03 Å². The second-order valence-corrected chi connectivity index (χ2v) is 7.29. The Kier molecular flexibility index (Phi) is 5.82. The monoisotopic (exact) mass is 357 g/mol. The molecule has 8 nitrogen and oxygen atoms in total. The van der Waals surface area contributed by atoms with Crippen LogP contribution in [0, 0.1) is 11.8 Å². The number of anilines is 1. The van der Waals surface area contributed by atoms with Gasteiger partial charge in [0.1, 0.15) is 0 Å². The van der Waals surface area contributed by atoms with E-state index < -0.39 is 0 Å². The second kappa shape index (κ2) is 8.27. The molecule has 1 aliphatic rings. The van der Waals surface area contributed by atoms with E-state index in [2.05, 4.69) is 44.9 Å². The average Bonchev–Trinajstić information content (AvgIpc) is 3.00. The summed E-state index contributed by atoms with van der Waals surface area (Å²) < 4.78 is 1.60. The largest absolute Gasteiger partial charge is 0.337 e. The summed E-state index contributed by atoms with van der Waals surface area (Å²) in [5.74, 6) is 2.11. The van der Waals surface area contributed by atoms with Gasteiger partial charge in [-0.05, 0) is 40.8 Å². The summed E-state index contributed by atoms with van der Waals surface area (Å²) in [4.78, 5) is 14.6. The first kappa shape index (κ1) is 18.3. The Morgan fingerprint density at radius 1 is 1.27 bits per heavy atom. The number of aromatic nitrogens is 4. The van der Waals surface area contributed by atoms with Crippen LogP contribution in [0.1, 0.15) is 20.3 Å². The lowest BCUT2D eigenvalue weighted by molar-refractivity contribution is 0.142. The Morgan fingerprint density at radius 3 is 2.73 bits per heavy atom. The van der Waals surface area contributed by atoms with Crippen molar-refractivity contribution in [1.29, 1.82) is 0 Å². The Hall–Kier alpha value is -2.48. The van der Waals surface area contributed by atoms with Crippen LogP contribution < -0.4 is 10.6 Å². The minimum atomic E-state index is -0.198. The molecule has 0 aliphatic carbocycles. The fraction of sp³-hybridized carbons (Fsp3) is 0.556. The number of benzene rings is 1. The number of piperidine rings is 1. The number of rotatable bonds is 5. The van der Waals surface area contributed by atoms with Crippen LogP contribution in [0.2, 0.25) is 0 Å². The Morgan fingerprint density at radius 2 is 2.04 bits per heavy atom. The summed E-state index contributed by atoms with van der Waals surface area (Å²) in [6.45, 7) is 8.33. The van der Waals surface area contributed by atoms with Crippen LogP contribution in [0.3, 0.4) is 0 Å². The van der Waals surface area contributed by atoms with Crippen LogP contribution in [-0.2, 0) is 7.05 Å². The van der Waals surface area contributed by atoms with Crippen LogP contribution in [0.5, 0.6) is 0 Å². The van der Waals surface area contributed by atoms with Gasteiger partial charge in [-0.2, -0.15) is 0 Å². The molecule has 1 fully saturated rings. The quantitative estimate of drug-likeness (QED) is 0.854. The van der Waals surface area contributed by atoms with Crippen molar-refractivity contribution in [1.82, 2.24) is 30.4 Å². The van der Waals surface area contributed by atoms with Gasteiger partial charge in [0.2, 0.25) is 0 Å². The van der Waals surface area contributed by atoms with E-state index >= 15 is 0 Å². The van der Waals surface area contributed by atoms with Crippen molar-refractivity contribution in [3.05, 3.63) is 24.3 Å². The molecule has 140 valence electrons. The highest BCUT2D eigenvalue weighted by atomic mass is 16.2. The van der Waals surface area contributed by atoms with E-state index in [1.807, 2.05) is 24.3 Å². The zero-order chi connectivity index (χ0) is 18.5. The standard InChI is InChI=1S/C18H27N7O/c1-13-9-14(2)12-25(11-13)8-7-19-18(26)20-16-6-4-5-15(10-16)17-21-22-23-24(17)3/h4-6,10,13-14H,7-9,11-12H2,1-3H3,(H2,19,20,26). The summed E-state index contributed by atoms with van der Waals surface area (Å²) >= 11 is 0. The molecule has 1 aromatic heterocycles. The molecule has 1 aliphatic heterocycles. The zero-order valence-corrected chi connectivity index (χ0v) is 15.6. The molecule has 1 saturated heterocycles. The molecule has 2 amide bonds. The average molecular weight is 357 g/mol. The molecule has 3 rings (SSSR count). The lowest BCUT2D eigenvalue weighted by Gasteiger charge is -2.34. The van der Waals surface area contributed by atoms with Gasteiger partial charge in [-0.3, -0.25) is 0 Å². The van der Waals surface area contributed by atoms with Gasteiger partial charge in [-0.15, -0.1) is 5.10 Å². The van der Waals surface area contributed by atoms with Gasteiger partial charge in [0.25, 0.3) is 0 Å². The number of hydrogen-bond acceptors (Lipinski definition) is 5. The van der Waals surface area contributed by atoms with Crippen LogP contribution in [0.4, 0.5) is 10.5 Å². The SMILES string of the molecule is CC1CC(C)CN(CCNC(=O)Nc2cccc(-c3nnnn3C)c2)C1. The molecule has 0 spiro atoms. The van der Waals surface area contributed by atoms with Gasteiger partial charge >= 0.3 is 6.03 Å². The van der Waals surface area contributed by atoms with E-state index in [1.165, 1.54) is 6.42 Å². The normalized spacial score (nSPS) is 20.7. The Labute approximate surface area is 154 Å². The summed E-state index contributed by atoms with van der Waals surface area (Å²) in [6, 6.07) is 7.29. The molecule has 26 heavy (non-hydrogen) atoms. The molecule has 2 unspecified atom stereocenters. The maximum absolute atomic E-state index is 12.2. The maximum Gasteiger partial charge on any atom is 0.319 e. The lowest BCUT2D eigenvalue weighted by atomic mass is 9.92. The molecule has 0 bridgehead atoms. The highest BCUT2D eigenvalue weighted by molar-refractivity contribution is 5.89. The maximum atomic E-state index is 12.2. The van der Waals surface area contributed by atoms with Gasteiger partial charge < -0.3 is 15.5 Å². The zero-order valence-electron chi connectivity index (χ0n) is 15.6. The van der Waals surface area contributed by atoms with Gasteiger partial charge in [0, 0.05) is 44.5 Å². The molecule has 2 N–H and O–H groups in total. The molecule has 2 aromatic rings. The van der Waals surface area contributed by atoms with Gasteiger partial charge in [-0.1, -0.05) is 26.0 Å². The van der Waals surface area contributed by atoms with Crippen molar-refractivity contribution < 1.29 is 4.79 Å². The van der Waals surface area contributed by atoms with Gasteiger partial charge in [0.05, 0.1) is 0 Å². The Balaban J connectivity index is 1.49. The fourth-order valence-corrected chi connectivity index (χ4v) is 3.69. The van der Waals surface area contributed by atoms with E-state index in [9.17, 15) is 4.79 Å². The predicted molar refractivity (Wildman–Crippen MR) is 101 cm³/mol. The number of hydrogen-bond donors (Lipinski definition) is 2. The third kappa shape index (κ3) is 4.78. The first-order chi connectivity index (χ1) is 12.5. The van der Waals surface area contributed by atoms with Crippen molar-refractivity contribution in [2.24, 2.45) is 18.9 Å². The Bertz CT molecular complexity index is 735. The minimum Gasteiger partial charge on any atom is -0.337 e. The highest BCUT2D eigenvalue weighted by Crippen LogP contribution is 2.21. The summed E-state index contributed by atoms with van der Waals surface area (Å²) in [5.41, 5.74) is 1.56. The number of likely N-dealkylation sites (tertiary alicyclic amines) is 1. The number of nitrogens with zero attached hydrogens (tertiary/aromatic N) is 5. The third-order valence-electron chi connectivity index (χ3n) is 4.66. The van der Waals surface area contributed by atoms with E-state index in [0.29, 0.717) is 18.1 Å². The van der Waals surface area contributed by atoms with E-state index in [0.717, 1.165) is 37.0 Å². The van der Waals surface area contributed by atoms with Gasteiger partial charge in [0.15, 0.2) is 5.82 Å². The molecular formula is C18H27N7O. The predicted octanol–water partition coefficient (Wildman–Crippen LogP) is 1.98. The summed E-state index contributed by atoms with van der Waals surface area (Å²) in [7, 11) is 1.78. The number of aryl methyl sites for hydroxylation is 1. The number of tetrazole rings is 1. The molecule has 1 aromatic carbocycles. The van der Waals surface area contributed by atoms with Crippen molar-refractivity contribution in [2.45, 2.75) is 20.3 Å². The van der Waals surface area contributed by atoms with Crippen molar-refractivity contribution in [3.63, 3.8) is 0 Å². The number of urea groups is 1. The highest BCUT2D eigenvalue weighted by Gasteiger charge is 2.21. The second-order valence-electron chi connectivity index (χ2n) is 7.29. The number of amides is 2. The van der Waals surface area contributed by atoms with E-state index in [1.54, 1.807) is 11.7 Å². The molecule has 2 heterocycles. The van der Waals surface area contributed by atoms with Crippen LogP contribution >= 0.6 is 0 Å². The first-order valence-electron chi connectivity index (χ1n) is 9.11. The molecule has 0 radical (unpaired) electrons. The minimum absolute atomic E-state index is 0.198. The first-order valence-corrected chi connectivity index (χ1v) is 9.11. The van der Waals surface area contributed by atoms with Crippen molar-refractivity contribution in [3.8, 4) is 11.4 Å². The summed E-state index contributed by atoms with van der Waals surface area (Å²) in [6.07, 6.45) is 1.29. The smallest absolute Gasteiger partial charge is 0.319 e. The van der Waals surface area contributed by atoms with Crippen LogP contribution in [-0.4, -0.2) is 57.3 Å². The molecular weight excluding hydrogens is 330 g/mol. The molecule has 8 heteroatoms. The molecule has 0 saturated carbocycles. The lowest BCUT2D eigenvalue weighted by Crippen LogP contribution is -2.43. The van der Waals surface area contributed by atoms with E-state index in [4.69, 9.17) is 0 Å². The van der Waals surface area contributed by atoms with Crippen LogP contribution in [0.25, 0.3) is 11.4 Å². The topological polar surface area (TPSA) is 88.0 Å². The fourth-order valence-electron chi connectivity index (χ4n) is 3.69. The van der Waals surface area contributed by atoms with Crippen LogP contribution in [0.15, 0.2) is 24.3 Å². The van der Waals surface area contributed by atoms with Gasteiger partial charge in [-0.25, -0.2) is 9.48 Å².